The molecule has 0 saturated heterocycles. The Balaban J connectivity index is 2.23. The molecular weight excluding hydrogens is 256 g/mol. The summed E-state index contributed by atoms with van der Waals surface area (Å²) in [5.41, 5.74) is 7.33. The van der Waals surface area contributed by atoms with Gasteiger partial charge in [0.1, 0.15) is 0 Å². The van der Waals surface area contributed by atoms with E-state index in [1.807, 2.05) is 6.07 Å². The Labute approximate surface area is 116 Å². The monoisotopic (exact) mass is 270 g/mol. The Bertz CT molecular complexity index is 639. The van der Waals surface area contributed by atoms with Crippen LogP contribution in [0.4, 0.5) is 11.4 Å². The maximum atomic E-state index is 12.0. The molecule has 5 nitrogen and oxygen atoms in total. The van der Waals surface area contributed by atoms with E-state index < -0.39 is 5.97 Å². The normalized spacial score (nSPS) is 9.85. The average molecular weight is 270 g/mol. The lowest BCUT2D eigenvalue weighted by molar-refractivity contribution is 0.0600. The average Bonchev–Trinajstić information content (AvgIpc) is 2.46. The molecule has 2 aromatic rings. The van der Waals surface area contributed by atoms with Gasteiger partial charge in [0.2, 0.25) is 0 Å². The number of nitrogens with one attached hydrogen (secondary N) is 1. The fourth-order valence-electron chi connectivity index (χ4n) is 1.75. The highest BCUT2D eigenvalue weighted by atomic mass is 16.5. The van der Waals surface area contributed by atoms with Crippen LogP contribution in [0.5, 0.6) is 0 Å². The van der Waals surface area contributed by atoms with Crippen molar-refractivity contribution in [2.75, 3.05) is 18.2 Å². The topological polar surface area (TPSA) is 81.4 Å². The van der Waals surface area contributed by atoms with Gasteiger partial charge in [0, 0.05) is 16.9 Å². The Hall–Kier alpha value is -2.82. The third kappa shape index (κ3) is 3.14. The summed E-state index contributed by atoms with van der Waals surface area (Å²) in [5.74, 6) is -0.778. The van der Waals surface area contributed by atoms with Gasteiger partial charge in [0.05, 0.1) is 12.7 Å². The molecule has 0 spiro atoms. The Kier molecular flexibility index (Phi) is 4.00. The van der Waals surface area contributed by atoms with E-state index in [1.165, 1.54) is 19.2 Å². The first kappa shape index (κ1) is 13.6. The van der Waals surface area contributed by atoms with E-state index in [1.54, 1.807) is 30.3 Å². The number of carbonyl (C=O) groups excluding carboxylic acids is 2. The quantitative estimate of drug-likeness (QED) is 0.662. The van der Waals surface area contributed by atoms with Crippen molar-refractivity contribution in [1.82, 2.24) is 0 Å². The number of nitrogens with two attached hydrogens (primary N) is 1. The summed E-state index contributed by atoms with van der Waals surface area (Å²) >= 11 is 0. The van der Waals surface area contributed by atoms with Gasteiger partial charge in [-0.3, -0.25) is 4.79 Å². The second-order valence-corrected chi connectivity index (χ2v) is 4.16. The van der Waals surface area contributed by atoms with Crippen LogP contribution < -0.4 is 11.1 Å². The SMILES string of the molecule is COC(=O)c1cc(N)cc(NC(=O)c2ccccc2)c1. The lowest BCUT2D eigenvalue weighted by Gasteiger charge is -2.08. The van der Waals surface area contributed by atoms with E-state index in [0.717, 1.165) is 0 Å². The first-order chi connectivity index (χ1) is 9.60. The number of methoxy groups -OCH3 is 1. The lowest BCUT2D eigenvalue weighted by atomic mass is 10.1. The molecule has 0 unspecified atom stereocenters. The van der Waals surface area contributed by atoms with Crippen molar-refractivity contribution in [3.8, 4) is 0 Å². The minimum absolute atomic E-state index is 0.271. The number of carbonyl (C=O) groups is 2. The largest absolute Gasteiger partial charge is 0.465 e. The molecule has 102 valence electrons. The summed E-state index contributed by atoms with van der Waals surface area (Å²) in [7, 11) is 1.29. The third-order valence-corrected chi connectivity index (χ3v) is 2.67. The molecule has 0 bridgehead atoms. The summed E-state index contributed by atoms with van der Waals surface area (Å²) < 4.78 is 4.63. The fourth-order valence-corrected chi connectivity index (χ4v) is 1.75. The second-order valence-electron chi connectivity index (χ2n) is 4.16. The Morgan fingerprint density at radius 1 is 1.05 bits per heavy atom. The number of rotatable bonds is 3. The zero-order valence-electron chi connectivity index (χ0n) is 10.9. The van der Waals surface area contributed by atoms with Gasteiger partial charge in [-0.25, -0.2) is 4.79 Å². The van der Waals surface area contributed by atoms with Crippen molar-refractivity contribution >= 4 is 23.3 Å². The van der Waals surface area contributed by atoms with Crippen LogP contribution in [0.15, 0.2) is 48.5 Å². The van der Waals surface area contributed by atoms with Crippen LogP contribution in [0.3, 0.4) is 0 Å². The van der Waals surface area contributed by atoms with Gasteiger partial charge in [-0.2, -0.15) is 0 Å². The van der Waals surface area contributed by atoms with Crippen molar-refractivity contribution in [2.45, 2.75) is 0 Å². The number of nitrogen functional groups attached to an aromatic ring is 1. The number of hydrogen-bond donors (Lipinski definition) is 2. The minimum atomic E-state index is -0.507. The van der Waals surface area contributed by atoms with Crippen LogP contribution in [0.1, 0.15) is 20.7 Å². The van der Waals surface area contributed by atoms with Crippen LogP contribution in [-0.4, -0.2) is 19.0 Å². The summed E-state index contributed by atoms with van der Waals surface area (Å²) in [6, 6.07) is 13.3. The standard InChI is InChI=1S/C15H14N2O3/c1-20-15(19)11-7-12(16)9-13(8-11)17-14(18)10-5-3-2-4-6-10/h2-9H,16H2,1H3,(H,17,18). The first-order valence-electron chi connectivity index (χ1n) is 5.95. The summed E-state index contributed by atoms with van der Waals surface area (Å²) in [6.45, 7) is 0. The fraction of sp³-hybridized carbons (Fsp3) is 0.0667. The molecule has 1 amide bonds. The zero-order chi connectivity index (χ0) is 14.5. The third-order valence-electron chi connectivity index (χ3n) is 2.67. The maximum Gasteiger partial charge on any atom is 0.337 e. The van der Waals surface area contributed by atoms with E-state index in [4.69, 9.17) is 5.73 Å². The molecule has 20 heavy (non-hydrogen) atoms. The highest BCUT2D eigenvalue weighted by molar-refractivity contribution is 6.05. The molecule has 0 heterocycles. The molecule has 5 heteroatoms. The van der Waals surface area contributed by atoms with E-state index in [9.17, 15) is 9.59 Å². The van der Waals surface area contributed by atoms with Gasteiger partial charge < -0.3 is 15.8 Å². The van der Waals surface area contributed by atoms with Gasteiger partial charge in [-0.15, -0.1) is 0 Å². The highest BCUT2D eigenvalue weighted by Crippen LogP contribution is 2.18. The van der Waals surface area contributed by atoms with Crippen molar-refractivity contribution < 1.29 is 14.3 Å². The summed E-state index contributed by atoms with van der Waals surface area (Å²) in [6.07, 6.45) is 0. The maximum absolute atomic E-state index is 12.0. The highest BCUT2D eigenvalue weighted by Gasteiger charge is 2.10. The van der Waals surface area contributed by atoms with Crippen molar-refractivity contribution in [3.63, 3.8) is 0 Å². The van der Waals surface area contributed by atoms with E-state index >= 15 is 0 Å². The second kappa shape index (κ2) is 5.88. The minimum Gasteiger partial charge on any atom is -0.465 e. The molecule has 0 radical (unpaired) electrons. The summed E-state index contributed by atoms with van der Waals surface area (Å²) in [5, 5.41) is 2.69. The molecule has 0 fully saturated rings. The molecule has 0 aliphatic carbocycles. The van der Waals surface area contributed by atoms with Crippen molar-refractivity contribution in [3.05, 3.63) is 59.7 Å². The van der Waals surface area contributed by atoms with Crippen molar-refractivity contribution in [2.24, 2.45) is 0 Å². The predicted molar refractivity (Wildman–Crippen MR) is 76.6 cm³/mol. The van der Waals surface area contributed by atoms with Crippen molar-refractivity contribution in [1.29, 1.82) is 0 Å². The molecule has 0 atom stereocenters. The number of hydrogen-bond acceptors (Lipinski definition) is 4. The number of amides is 1. The lowest BCUT2D eigenvalue weighted by Crippen LogP contribution is -2.13. The van der Waals surface area contributed by atoms with Gasteiger partial charge in [0.15, 0.2) is 0 Å². The zero-order valence-corrected chi connectivity index (χ0v) is 10.9. The molecule has 2 rings (SSSR count). The molecular formula is C15H14N2O3. The van der Waals surface area contributed by atoms with Gasteiger partial charge in [-0.1, -0.05) is 18.2 Å². The number of anilines is 2. The van der Waals surface area contributed by atoms with Gasteiger partial charge in [0.25, 0.3) is 5.91 Å². The van der Waals surface area contributed by atoms with E-state index in [0.29, 0.717) is 16.9 Å². The van der Waals surface area contributed by atoms with E-state index in [2.05, 4.69) is 10.1 Å². The summed E-state index contributed by atoms with van der Waals surface area (Å²) in [4.78, 5) is 23.5. The Morgan fingerprint density at radius 3 is 2.40 bits per heavy atom. The van der Waals surface area contributed by atoms with Crippen LogP contribution >= 0.6 is 0 Å². The van der Waals surface area contributed by atoms with E-state index in [-0.39, 0.29) is 11.5 Å². The molecule has 0 aliphatic heterocycles. The van der Waals surface area contributed by atoms with Gasteiger partial charge in [-0.05, 0) is 30.3 Å². The molecule has 0 saturated carbocycles. The van der Waals surface area contributed by atoms with Crippen LogP contribution in [0.25, 0.3) is 0 Å². The number of esters is 1. The molecule has 2 aromatic carbocycles. The number of ether oxygens (including phenoxy) is 1. The Morgan fingerprint density at radius 2 is 1.75 bits per heavy atom. The smallest absolute Gasteiger partial charge is 0.337 e. The predicted octanol–water partition coefficient (Wildman–Crippen LogP) is 2.31. The van der Waals surface area contributed by atoms with Gasteiger partial charge >= 0.3 is 5.97 Å². The van der Waals surface area contributed by atoms with Crippen LogP contribution in [0.2, 0.25) is 0 Å². The molecule has 3 N–H and O–H groups in total. The molecule has 0 aromatic heterocycles. The van der Waals surface area contributed by atoms with Crippen LogP contribution in [0, 0.1) is 0 Å². The first-order valence-corrected chi connectivity index (χ1v) is 5.95. The van der Waals surface area contributed by atoms with Crippen LogP contribution in [-0.2, 0) is 4.74 Å². The number of benzene rings is 2. The molecule has 0 aliphatic rings.